The highest BCUT2D eigenvalue weighted by Crippen LogP contribution is 2.33. The molecule has 0 aliphatic carbocycles. The number of carbonyl (C=O) groups is 2. The van der Waals surface area contributed by atoms with Crippen LogP contribution in [0, 0.1) is 0 Å². The van der Waals surface area contributed by atoms with Gasteiger partial charge in [0.1, 0.15) is 0 Å². The van der Waals surface area contributed by atoms with Gasteiger partial charge in [-0.2, -0.15) is 0 Å². The number of rotatable bonds is 3. The van der Waals surface area contributed by atoms with Crippen LogP contribution in [0.3, 0.4) is 0 Å². The van der Waals surface area contributed by atoms with Crippen LogP contribution in [0.25, 0.3) is 0 Å². The quantitative estimate of drug-likeness (QED) is 0.632. The first-order valence-corrected chi connectivity index (χ1v) is 6.74. The summed E-state index contributed by atoms with van der Waals surface area (Å²) >= 11 is 0. The van der Waals surface area contributed by atoms with Gasteiger partial charge in [-0.3, -0.25) is 4.90 Å². The van der Waals surface area contributed by atoms with Gasteiger partial charge in [0.2, 0.25) is 0 Å². The third kappa shape index (κ3) is 2.63. The zero-order valence-electron chi connectivity index (χ0n) is 12.4. The van der Waals surface area contributed by atoms with Crippen molar-refractivity contribution in [1.29, 1.82) is 0 Å². The summed E-state index contributed by atoms with van der Waals surface area (Å²) in [4.78, 5) is 25.9. The van der Waals surface area contributed by atoms with Crippen LogP contribution in [0.15, 0.2) is 42.5 Å². The Labute approximate surface area is 124 Å². The van der Waals surface area contributed by atoms with E-state index in [1.807, 2.05) is 43.3 Å². The fourth-order valence-corrected chi connectivity index (χ4v) is 2.72. The molecule has 1 heterocycles. The van der Waals surface area contributed by atoms with Crippen LogP contribution < -0.4 is 0 Å². The van der Waals surface area contributed by atoms with Gasteiger partial charge in [-0.25, -0.2) is 9.59 Å². The maximum absolute atomic E-state index is 12.4. The number of hydrogen-bond donors (Lipinski definition) is 0. The summed E-state index contributed by atoms with van der Waals surface area (Å²) < 4.78 is 9.77. The molecule has 1 amide bonds. The summed E-state index contributed by atoms with van der Waals surface area (Å²) in [5, 5.41) is 0. The van der Waals surface area contributed by atoms with E-state index in [4.69, 9.17) is 9.47 Å². The molecular weight excluding hydrogens is 270 g/mol. The van der Waals surface area contributed by atoms with E-state index in [-0.39, 0.29) is 6.04 Å². The number of carbonyl (C=O) groups excluding carboxylic acids is 2. The normalized spacial score (nSPS) is 24.0. The van der Waals surface area contributed by atoms with Crippen molar-refractivity contribution in [1.82, 2.24) is 4.90 Å². The van der Waals surface area contributed by atoms with E-state index in [2.05, 4.69) is 0 Å². The summed E-state index contributed by atoms with van der Waals surface area (Å²) in [6.07, 6.45) is 3.34. The number of amides is 1. The molecule has 5 nitrogen and oxygen atoms in total. The topological polar surface area (TPSA) is 55.8 Å². The van der Waals surface area contributed by atoms with Crippen molar-refractivity contribution in [2.75, 3.05) is 14.2 Å². The Kier molecular flexibility index (Phi) is 4.31. The minimum atomic E-state index is -1.16. The third-order valence-electron chi connectivity index (χ3n) is 3.71. The largest absolute Gasteiger partial charge is 0.467 e. The third-order valence-corrected chi connectivity index (χ3v) is 3.71. The van der Waals surface area contributed by atoms with E-state index in [1.165, 1.54) is 19.1 Å². The van der Waals surface area contributed by atoms with Crippen LogP contribution in [-0.4, -0.2) is 42.8 Å². The van der Waals surface area contributed by atoms with Gasteiger partial charge in [0.15, 0.2) is 5.54 Å². The summed E-state index contributed by atoms with van der Waals surface area (Å²) in [6.45, 7) is 1.84. The number of hydrogen-bond acceptors (Lipinski definition) is 4. The molecule has 0 saturated carbocycles. The molecule has 0 bridgehead atoms. The second kappa shape index (κ2) is 5.99. The van der Waals surface area contributed by atoms with Crippen LogP contribution in [-0.2, 0) is 20.7 Å². The van der Waals surface area contributed by atoms with Crippen LogP contribution >= 0.6 is 0 Å². The predicted molar refractivity (Wildman–Crippen MR) is 77.7 cm³/mol. The van der Waals surface area contributed by atoms with E-state index in [9.17, 15) is 9.59 Å². The lowest BCUT2D eigenvalue weighted by Crippen LogP contribution is -2.57. The van der Waals surface area contributed by atoms with Gasteiger partial charge in [-0.1, -0.05) is 36.4 Å². The van der Waals surface area contributed by atoms with Gasteiger partial charge in [0.05, 0.1) is 20.3 Å². The van der Waals surface area contributed by atoms with Crippen molar-refractivity contribution in [2.45, 2.75) is 24.9 Å². The van der Waals surface area contributed by atoms with Crippen molar-refractivity contribution in [3.63, 3.8) is 0 Å². The molecule has 0 aromatic heterocycles. The standard InChI is InChI=1S/C16H19NO4/c1-12-9-10-16(14(18)20-2,17(12)15(19)21-3)11-13-7-5-4-6-8-13/h4-10,12H,11H2,1-3H3/t12?,16-/m0/s1. The Bertz CT molecular complexity index is 555. The first kappa shape index (κ1) is 15.1. The molecule has 1 aromatic rings. The van der Waals surface area contributed by atoms with E-state index in [0.717, 1.165) is 5.56 Å². The van der Waals surface area contributed by atoms with Gasteiger partial charge < -0.3 is 9.47 Å². The fraction of sp³-hybridized carbons (Fsp3) is 0.375. The second-order valence-corrected chi connectivity index (χ2v) is 5.02. The molecule has 112 valence electrons. The second-order valence-electron chi connectivity index (χ2n) is 5.02. The van der Waals surface area contributed by atoms with Crippen molar-refractivity contribution < 1.29 is 19.1 Å². The van der Waals surface area contributed by atoms with Crippen LogP contribution in [0.5, 0.6) is 0 Å². The van der Waals surface area contributed by atoms with Gasteiger partial charge in [0, 0.05) is 6.42 Å². The summed E-state index contributed by atoms with van der Waals surface area (Å²) in [5.41, 5.74) is -0.224. The molecule has 0 fully saturated rings. The monoisotopic (exact) mass is 289 g/mol. The molecule has 1 aromatic carbocycles. The first-order chi connectivity index (χ1) is 10.0. The zero-order valence-corrected chi connectivity index (χ0v) is 12.4. The number of ether oxygens (including phenoxy) is 2. The molecule has 2 rings (SSSR count). The summed E-state index contributed by atoms with van der Waals surface area (Å²) in [5.74, 6) is -0.475. The average Bonchev–Trinajstić information content (AvgIpc) is 2.84. The Hall–Kier alpha value is -2.30. The molecule has 1 aliphatic heterocycles. The molecule has 0 radical (unpaired) electrons. The number of esters is 1. The van der Waals surface area contributed by atoms with Gasteiger partial charge in [0.25, 0.3) is 0 Å². The first-order valence-electron chi connectivity index (χ1n) is 6.74. The number of benzene rings is 1. The fourth-order valence-electron chi connectivity index (χ4n) is 2.72. The van der Waals surface area contributed by atoms with E-state index in [1.54, 1.807) is 6.08 Å². The Morgan fingerprint density at radius 1 is 1.19 bits per heavy atom. The molecular formula is C16H19NO4. The molecule has 21 heavy (non-hydrogen) atoms. The highest BCUT2D eigenvalue weighted by atomic mass is 16.5. The Balaban J connectivity index is 2.44. The Morgan fingerprint density at radius 3 is 2.43 bits per heavy atom. The zero-order chi connectivity index (χ0) is 15.5. The smallest absolute Gasteiger partial charge is 0.411 e. The highest BCUT2D eigenvalue weighted by Gasteiger charge is 2.51. The predicted octanol–water partition coefficient (Wildman–Crippen LogP) is 2.17. The maximum atomic E-state index is 12.4. The minimum Gasteiger partial charge on any atom is -0.467 e. The average molecular weight is 289 g/mol. The van der Waals surface area contributed by atoms with Gasteiger partial charge in [-0.15, -0.1) is 0 Å². The molecule has 5 heteroatoms. The molecule has 0 spiro atoms. The lowest BCUT2D eigenvalue weighted by Gasteiger charge is -2.36. The molecule has 2 atom stereocenters. The van der Waals surface area contributed by atoms with Gasteiger partial charge in [-0.05, 0) is 18.6 Å². The summed E-state index contributed by atoms with van der Waals surface area (Å²) in [7, 11) is 2.62. The van der Waals surface area contributed by atoms with E-state index in [0.29, 0.717) is 6.42 Å². The van der Waals surface area contributed by atoms with Crippen LogP contribution in [0.1, 0.15) is 12.5 Å². The lowest BCUT2D eigenvalue weighted by molar-refractivity contribution is -0.151. The molecule has 1 aliphatic rings. The van der Waals surface area contributed by atoms with Crippen molar-refractivity contribution >= 4 is 12.1 Å². The Morgan fingerprint density at radius 2 is 1.86 bits per heavy atom. The van der Waals surface area contributed by atoms with E-state index < -0.39 is 17.6 Å². The minimum absolute atomic E-state index is 0.236. The highest BCUT2D eigenvalue weighted by molar-refractivity contribution is 5.90. The molecule has 0 N–H and O–H groups in total. The van der Waals surface area contributed by atoms with Crippen molar-refractivity contribution in [3.05, 3.63) is 48.0 Å². The van der Waals surface area contributed by atoms with E-state index >= 15 is 0 Å². The number of methoxy groups -OCH3 is 2. The lowest BCUT2D eigenvalue weighted by atomic mass is 9.90. The van der Waals surface area contributed by atoms with Crippen LogP contribution in [0.2, 0.25) is 0 Å². The van der Waals surface area contributed by atoms with Crippen molar-refractivity contribution in [2.24, 2.45) is 0 Å². The molecule has 1 unspecified atom stereocenters. The maximum Gasteiger partial charge on any atom is 0.411 e. The van der Waals surface area contributed by atoms with Crippen molar-refractivity contribution in [3.8, 4) is 0 Å². The SMILES string of the molecule is COC(=O)N1C(C)C=C[C@]1(Cc1ccccc1)C(=O)OC. The van der Waals surface area contributed by atoms with Gasteiger partial charge >= 0.3 is 12.1 Å². The number of nitrogens with zero attached hydrogens (tertiary/aromatic N) is 1. The molecule has 0 saturated heterocycles. The summed E-state index contributed by atoms with van der Waals surface area (Å²) in [6, 6.07) is 9.28. The van der Waals surface area contributed by atoms with Crippen LogP contribution in [0.4, 0.5) is 4.79 Å².